The van der Waals surface area contributed by atoms with Crippen molar-refractivity contribution in [3.05, 3.63) is 102 Å². The van der Waals surface area contributed by atoms with Crippen LogP contribution in [0.15, 0.2) is 79.1 Å². The molecule has 0 atom stereocenters. The summed E-state index contributed by atoms with van der Waals surface area (Å²) in [7, 11) is 0. The molecule has 0 saturated heterocycles. The topological polar surface area (TPSA) is 51.2 Å². The average Bonchev–Trinajstić information content (AvgIpc) is 2.73. The summed E-state index contributed by atoms with van der Waals surface area (Å²) in [6.45, 7) is 0.0298. The molecule has 0 spiro atoms. The van der Waals surface area contributed by atoms with Gasteiger partial charge in [0.15, 0.2) is 11.6 Å². The number of pyridine rings is 1. The van der Waals surface area contributed by atoms with Crippen molar-refractivity contribution in [2.24, 2.45) is 0 Å². The molecule has 0 aliphatic carbocycles. The molecule has 4 rings (SSSR count). The molecule has 1 aromatic heterocycles. The second kappa shape index (κ2) is 8.06. The molecule has 4 nitrogen and oxygen atoms in total. The number of carbonyl (C=O) groups is 1. The first-order valence-electron chi connectivity index (χ1n) is 8.91. The zero-order valence-electron chi connectivity index (χ0n) is 15.2. The number of hydrogen-bond acceptors (Lipinski definition) is 3. The van der Waals surface area contributed by atoms with Crippen LogP contribution in [0, 0.1) is 11.6 Å². The van der Waals surface area contributed by atoms with Gasteiger partial charge in [-0.05, 0) is 35.2 Å². The summed E-state index contributed by atoms with van der Waals surface area (Å²) in [5, 5.41) is 4.28. The van der Waals surface area contributed by atoms with Crippen LogP contribution < -0.4 is 10.1 Å². The minimum atomic E-state index is -0.629. The van der Waals surface area contributed by atoms with Crippen LogP contribution in [-0.4, -0.2) is 10.9 Å². The Kier molecular flexibility index (Phi) is 5.16. The zero-order valence-corrected chi connectivity index (χ0v) is 15.2. The monoisotopic (exact) mass is 390 g/mol. The molecule has 1 amide bonds. The van der Waals surface area contributed by atoms with E-state index in [1.807, 2.05) is 24.3 Å². The van der Waals surface area contributed by atoms with Gasteiger partial charge < -0.3 is 10.1 Å². The van der Waals surface area contributed by atoms with Crippen molar-refractivity contribution >= 4 is 22.4 Å². The summed E-state index contributed by atoms with van der Waals surface area (Å²) in [5.74, 6) is -1.39. The Balaban J connectivity index is 1.48. The maximum absolute atomic E-state index is 14.4. The number of rotatable bonds is 5. The van der Waals surface area contributed by atoms with Crippen molar-refractivity contribution in [2.45, 2.75) is 6.61 Å². The van der Waals surface area contributed by atoms with E-state index in [0.717, 1.165) is 10.8 Å². The van der Waals surface area contributed by atoms with Gasteiger partial charge >= 0.3 is 0 Å². The SMILES string of the molecule is O=C(Nc1ccc(OCc2cccc(F)c2)c(F)c1)c1cncc2ccccc12. The van der Waals surface area contributed by atoms with E-state index in [1.165, 1.54) is 30.5 Å². The van der Waals surface area contributed by atoms with E-state index >= 15 is 0 Å². The van der Waals surface area contributed by atoms with Crippen molar-refractivity contribution in [1.82, 2.24) is 4.98 Å². The molecule has 3 aromatic carbocycles. The number of hydrogen-bond donors (Lipinski definition) is 1. The molecule has 0 aliphatic rings. The quantitative estimate of drug-likeness (QED) is 0.500. The third kappa shape index (κ3) is 4.21. The molecule has 4 aromatic rings. The lowest BCUT2D eigenvalue weighted by atomic mass is 10.1. The van der Waals surface area contributed by atoms with Crippen LogP contribution in [0.1, 0.15) is 15.9 Å². The van der Waals surface area contributed by atoms with Gasteiger partial charge in [-0.1, -0.05) is 36.4 Å². The van der Waals surface area contributed by atoms with Crippen LogP contribution in [0.5, 0.6) is 5.75 Å². The molecule has 0 aliphatic heterocycles. The lowest BCUT2D eigenvalue weighted by Gasteiger charge is -2.11. The van der Waals surface area contributed by atoms with Crippen LogP contribution in [0.2, 0.25) is 0 Å². The number of aromatic nitrogens is 1. The number of ether oxygens (including phenoxy) is 1. The summed E-state index contributed by atoms with van der Waals surface area (Å²) < 4.78 is 33.0. The first-order valence-corrected chi connectivity index (χ1v) is 8.91. The van der Waals surface area contributed by atoms with Crippen molar-refractivity contribution in [3.8, 4) is 5.75 Å². The molecule has 6 heteroatoms. The Bertz CT molecular complexity index is 1190. The van der Waals surface area contributed by atoms with E-state index in [-0.39, 0.29) is 24.1 Å². The van der Waals surface area contributed by atoms with Gasteiger partial charge in [0, 0.05) is 29.5 Å². The van der Waals surface area contributed by atoms with Gasteiger partial charge in [-0.3, -0.25) is 9.78 Å². The highest BCUT2D eigenvalue weighted by Crippen LogP contribution is 2.24. The number of amides is 1. The summed E-state index contributed by atoms with van der Waals surface area (Å²) in [6.07, 6.45) is 3.15. The van der Waals surface area contributed by atoms with Gasteiger partial charge in [0.05, 0.1) is 5.56 Å². The summed E-state index contributed by atoms with van der Waals surface area (Å²) in [4.78, 5) is 16.7. The molecular formula is C23H16F2N2O2. The summed E-state index contributed by atoms with van der Waals surface area (Å²) in [6, 6.07) is 17.4. The maximum atomic E-state index is 14.4. The van der Waals surface area contributed by atoms with Crippen LogP contribution in [0.25, 0.3) is 10.8 Å². The van der Waals surface area contributed by atoms with E-state index in [2.05, 4.69) is 10.3 Å². The molecule has 0 fully saturated rings. The van der Waals surface area contributed by atoms with Crippen LogP contribution in [0.3, 0.4) is 0 Å². The smallest absolute Gasteiger partial charge is 0.257 e. The second-order valence-corrected chi connectivity index (χ2v) is 6.43. The Morgan fingerprint density at radius 1 is 0.966 bits per heavy atom. The van der Waals surface area contributed by atoms with Crippen molar-refractivity contribution in [2.75, 3.05) is 5.32 Å². The van der Waals surface area contributed by atoms with Gasteiger partial charge in [-0.2, -0.15) is 0 Å². The van der Waals surface area contributed by atoms with Crippen molar-refractivity contribution in [3.63, 3.8) is 0 Å². The van der Waals surface area contributed by atoms with Crippen LogP contribution >= 0.6 is 0 Å². The number of anilines is 1. The fourth-order valence-corrected chi connectivity index (χ4v) is 2.98. The highest BCUT2D eigenvalue weighted by atomic mass is 19.1. The van der Waals surface area contributed by atoms with E-state index in [0.29, 0.717) is 16.8 Å². The Morgan fingerprint density at radius 2 is 1.83 bits per heavy atom. The molecule has 1 heterocycles. The van der Waals surface area contributed by atoms with E-state index in [9.17, 15) is 13.6 Å². The molecule has 144 valence electrons. The number of halogens is 2. The number of fused-ring (bicyclic) bond motifs is 1. The maximum Gasteiger partial charge on any atom is 0.257 e. The van der Waals surface area contributed by atoms with Gasteiger partial charge in [0.2, 0.25) is 0 Å². The van der Waals surface area contributed by atoms with E-state index < -0.39 is 5.82 Å². The standard InChI is InChI=1S/C23H16F2N2O2/c24-17-6-3-4-15(10-17)14-29-22-9-8-18(11-21(22)25)27-23(28)20-13-26-12-16-5-1-2-7-19(16)20/h1-13H,14H2,(H,27,28). The third-order valence-electron chi connectivity index (χ3n) is 4.39. The first kappa shape index (κ1) is 18.6. The van der Waals surface area contributed by atoms with Gasteiger partial charge in [-0.15, -0.1) is 0 Å². The fraction of sp³-hybridized carbons (Fsp3) is 0.0435. The minimum Gasteiger partial charge on any atom is -0.486 e. The number of nitrogens with zero attached hydrogens (tertiary/aromatic N) is 1. The lowest BCUT2D eigenvalue weighted by Crippen LogP contribution is -2.13. The van der Waals surface area contributed by atoms with E-state index in [4.69, 9.17) is 4.74 Å². The van der Waals surface area contributed by atoms with Gasteiger partial charge in [0.1, 0.15) is 12.4 Å². The Hall–Kier alpha value is -3.80. The number of carbonyl (C=O) groups excluding carboxylic acids is 1. The first-order chi connectivity index (χ1) is 14.1. The highest BCUT2D eigenvalue weighted by molar-refractivity contribution is 6.12. The van der Waals surface area contributed by atoms with Crippen molar-refractivity contribution in [1.29, 1.82) is 0 Å². The average molecular weight is 390 g/mol. The predicted octanol–water partition coefficient (Wildman–Crippen LogP) is 5.34. The second-order valence-electron chi connectivity index (χ2n) is 6.43. The van der Waals surface area contributed by atoms with Gasteiger partial charge in [0.25, 0.3) is 5.91 Å². The molecule has 29 heavy (non-hydrogen) atoms. The number of benzene rings is 3. The number of nitrogens with one attached hydrogen (secondary N) is 1. The Morgan fingerprint density at radius 3 is 2.66 bits per heavy atom. The largest absolute Gasteiger partial charge is 0.486 e. The van der Waals surface area contributed by atoms with Gasteiger partial charge in [-0.25, -0.2) is 8.78 Å². The summed E-state index contributed by atoms with van der Waals surface area (Å²) >= 11 is 0. The predicted molar refractivity (Wildman–Crippen MR) is 107 cm³/mol. The van der Waals surface area contributed by atoms with E-state index in [1.54, 1.807) is 24.4 Å². The summed E-state index contributed by atoms with van der Waals surface area (Å²) in [5.41, 5.74) is 1.28. The lowest BCUT2D eigenvalue weighted by molar-refractivity contribution is 0.102. The molecule has 0 bridgehead atoms. The third-order valence-corrected chi connectivity index (χ3v) is 4.39. The van der Waals surface area contributed by atoms with Crippen LogP contribution in [-0.2, 0) is 6.61 Å². The fourth-order valence-electron chi connectivity index (χ4n) is 2.98. The molecule has 1 N–H and O–H groups in total. The van der Waals surface area contributed by atoms with Crippen LogP contribution in [0.4, 0.5) is 14.5 Å². The minimum absolute atomic E-state index is 0.0130. The normalized spacial score (nSPS) is 10.7. The Labute approximate surface area is 165 Å². The van der Waals surface area contributed by atoms with Crippen molar-refractivity contribution < 1.29 is 18.3 Å². The molecule has 0 saturated carbocycles. The molecular weight excluding hydrogens is 374 g/mol. The highest BCUT2D eigenvalue weighted by Gasteiger charge is 2.12. The zero-order chi connectivity index (χ0) is 20.2. The molecule has 0 radical (unpaired) electrons. The molecule has 0 unspecified atom stereocenters.